The fourth-order valence-electron chi connectivity index (χ4n) is 2.55. The van der Waals surface area contributed by atoms with Crippen molar-refractivity contribution in [2.45, 2.75) is 10.6 Å². The van der Waals surface area contributed by atoms with Gasteiger partial charge in [0.25, 0.3) is 5.89 Å². The SMILES string of the molecule is COc1ccc(S(=O)(=O)Cc2nnc(-c3cc(-c4ccncc4)n[nH]3)o2)cc1. The maximum absolute atomic E-state index is 12.5. The lowest BCUT2D eigenvalue weighted by molar-refractivity contribution is 0.414. The number of aromatic amines is 1. The maximum Gasteiger partial charge on any atom is 0.265 e. The standard InChI is InChI=1S/C18H15N5O4S/c1-26-13-2-4-14(5-3-13)28(24,25)11-17-22-23-18(27-17)16-10-15(20-21-16)12-6-8-19-9-7-12/h2-10H,11H2,1H3,(H,20,21). The highest BCUT2D eigenvalue weighted by Crippen LogP contribution is 2.24. The fourth-order valence-corrected chi connectivity index (χ4v) is 3.71. The minimum Gasteiger partial charge on any atom is -0.497 e. The van der Waals surface area contributed by atoms with E-state index in [0.29, 0.717) is 17.1 Å². The van der Waals surface area contributed by atoms with Gasteiger partial charge in [0, 0.05) is 18.0 Å². The summed E-state index contributed by atoms with van der Waals surface area (Å²) in [4.78, 5) is 4.11. The lowest BCUT2D eigenvalue weighted by Gasteiger charge is -2.03. The zero-order valence-electron chi connectivity index (χ0n) is 14.7. The minimum atomic E-state index is -3.63. The minimum absolute atomic E-state index is 0.00845. The van der Waals surface area contributed by atoms with Crippen LogP contribution in [-0.2, 0) is 15.6 Å². The van der Waals surface area contributed by atoms with Crippen molar-refractivity contribution in [2.24, 2.45) is 0 Å². The van der Waals surface area contributed by atoms with E-state index in [-0.39, 0.29) is 16.7 Å². The Bertz CT molecular complexity index is 1180. The maximum atomic E-state index is 12.5. The summed E-state index contributed by atoms with van der Waals surface area (Å²) >= 11 is 0. The van der Waals surface area contributed by atoms with Gasteiger partial charge in [0.1, 0.15) is 17.2 Å². The van der Waals surface area contributed by atoms with Crippen molar-refractivity contribution in [3.8, 4) is 28.6 Å². The second-order valence-electron chi connectivity index (χ2n) is 5.84. The van der Waals surface area contributed by atoms with Gasteiger partial charge in [-0.1, -0.05) is 0 Å². The molecule has 0 aliphatic rings. The summed E-state index contributed by atoms with van der Waals surface area (Å²) in [5.41, 5.74) is 2.05. The third-order valence-electron chi connectivity index (χ3n) is 3.98. The number of ether oxygens (including phenoxy) is 1. The van der Waals surface area contributed by atoms with E-state index in [1.54, 1.807) is 30.6 Å². The average Bonchev–Trinajstić information content (AvgIpc) is 3.38. The van der Waals surface area contributed by atoms with Crippen molar-refractivity contribution >= 4 is 9.84 Å². The molecule has 10 heteroatoms. The van der Waals surface area contributed by atoms with Gasteiger partial charge in [-0.05, 0) is 42.5 Å². The third-order valence-corrected chi connectivity index (χ3v) is 5.60. The van der Waals surface area contributed by atoms with E-state index in [1.165, 1.54) is 19.2 Å². The summed E-state index contributed by atoms with van der Waals surface area (Å²) in [5.74, 6) is 0.319. The Kier molecular flexibility index (Phi) is 4.62. The topological polar surface area (TPSA) is 124 Å². The number of hydrogen-bond acceptors (Lipinski definition) is 8. The molecule has 4 aromatic rings. The first-order valence-corrected chi connectivity index (χ1v) is 9.86. The van der Waals surface area contributed by atoms with Crippen molar-refractivity contribution in [3.05, 3.63) is 60.7 Å². The van der Waals surface area contributed by atoms with Crippen molar-refractivity contribution < 1.29 is 17.6 Å². The first-order valence-electron chi connectivity index (χ1n) is 8.20. The van der Waals surface area contributed by atoms with E-state index in [4.69, 9.17) is 9.15 Å². The molecule has 0 saturated heterocycles. The van der Waals surface area contributed by atoms with Gasteiger partial charge in [-0.2, -0.15) is 5.10 Å². The number of aromatic nitrogens is 5. The molecule has 1 aromatic carbocycles. The highest BCUT2D eigenvalue weighted by molar-refractivity contribution is 7.90. The Morgan fingerprint density at radius 3 is 2.54 bits per heavy atom. The van der Waals surface area contributed by atoms with Crippen LogP contribution in [-0.4, -0.2) is 40.9 Å². The van der Waals surface area contributed by atoms with E-state index < -0.39 is 15.6 Å². The normalized spacial score (nSPS) is 11.5. The molecule has 4 rings (SSSR count). The fraction of sp³-hybridized carbons (Fsp3) is 0.111. The number of hydrogen-bond donors (Lipinski definition) is 1. The molecular weight excluding hydrogens is 382 g/mol. The molecular formula is C18H15N5O4S. The van der Waals surface area contributed by atoms with E-state index >= 15 is 0 Å². The molecule has 0 spiro atoms. The zero-order valence-corrected chi connectivity index (χ0v) is 15.5. The van der Waals surface area contributed by atoms with E-state index in [1.807, 2.05) is 12.1 Å². The molecule has 0 saturated carbocycles. The lowest BCUT2D eigenvalue weighted by atomic mass is 10.2. The highest BCUT2D eigenvalue weighted by atomic mass is 32.2. The Labute approximate surface area is 160 Å². The summed E-state index contributed by atoms with van der Waals surface area (Å²) in [6.07, 6.45) is 3.33. The van der Waals surface area contributed by atoms with E-state index in [0.717, 1.165) is 5.56 Å². The molecule has 3 heterocycles. The predicted octanol–water partition coefficient (Wildman–Crippen LogP) is 2.50. The quantitative estimate of drug-likeness (QED) is 0.526. The highest BCUT2D eigenvalue weighted by Gasteiger charge is 2.21. The van der Waals surface area contributed by atoms with Crippen LogP contribution in [0.1, 0.15) is 5.89 Å². The van der Waals surface area contributed by atoms with Gasteiger partial charge < -0.3 is 9.15 Å². The molecule has 1 N–H and O–H groups in total. The molecule has 0 atom stereocenters. The number of H-pyrrole nitrogens is 1. The van der Waals surface area contributed by atoms with Crippen molar-refractivity contribution in [1.82, 2.24) is 25.4 Å². The smallest absolute Gasteiger partial charge is 0.265 e. The second-order valence-corrected chi connectivity index (χ2v) is 7.83. The van der Waals surface area contributed by atoms with Gasteiger partial charge in [-0.25, -0.2) is 8.42 Å². The van der Waals surface area contributed by atoms with Crippen LogP contribution in [0.2, 0.25) is 0 Å². The van der Waals surface area contributed by atoms with Crippen LogP contribution in [0, 0.1) is 0 Å². The monoisotopic (exact) mass is 397 g/mol. The van der Waals surface area contributed by atoms with Crippen LogP contribution < -0.4 is 4.74 Å². The van der Waals surface area contributed by atoms with Gasteiger partial charge in [-0.15, -0.1) is 10.2 Å². The van der Waals surface area contributed by atoms with Crippen molar-refractivity contribution in [3.63, 3.8) is 0 Å². The van der Waals surface area contributed by atoms with Gasteiger partial charge in [0.15, 0.2) is 9.84 Å². The summed E-state index contributed by atoms with van der Waals surface area (Å²) in [6.45, 7) is 0. The molecule has 0 amide bonds. The summed E-state index contributed by atoms with van der Waals surface area (Å²) in [5, 5.41) is 14.8. The number of benzene rings is 1. The molecule has 28 heavy (non-hydrogen) atoms. The molecule has 9 nitrogen and oxygen atoms in total. The number of methoxy groups -OCH3 is 1. The summed E-state index contributed by atoms with van der Waals surface area (Å²) in [7, 11) is -2.12. The molecule has 0 aliphatic carbocycles. The van der Waals surface area contributed by atoms with Crippen LogP contribution in [0.15, 0.2) is 64.2 Å². The van der Waals surface area contributed by atoms with Crippen LogP contribution in [0.25, 0.3) is 22.8 Å². The number of nitrogens with zero attached hydrogens (tertiary/aromatic N) is 4. The zero-order chi connectivity index (χ0) is 19.6. The number of nitrogens with one attached hydrogen (secondary N) is 1. The molecule has 0 radical (unpaired) electrons. The molecule has 0 aliphatic heterocycles. The Morgan fingerprint density at radius 1 is 1.07 bits per heavy atom. The predicted molar refractivity (Wildman–Crippen MR) is 99.0 cm³/mol. The average molecular weight is 397 g/mol. The molecule has 0 unspecified atom stereocenters. The Balaban J connectivity index is 1.54. The van der Waals surface area contributed by atoms with E-state index in [2.05, 4.69) is 25.4 Å². The van der Waals surface area contributed by atoms with Crippen molar-refractivity contribution in [2.75, 3.05) is 7.11 Å². The van der Waals surface area contributed by atoms with Gasteiger partial charge in [-0.3, -0.25) is 10.1 Å². The van der Waals surface area contributed by atoms with Crippen molar-refractivity contribution in [1.29, 1.82) is 0 Å². The van der Waals surface area contributed by atoms with Gasteiger partial charge >= 0.3 is 0 Å². The summed E-state index contributed by atoms with van der Waals surface area (Å²) < 4.78 is 35.6. The van der Waals surface area contributed by atoms with Crippen LogP contribution in [0.5, 0.6) is 5.75 Å². The largest absolute Gasteiger partial charge is 0.497 e. The number of pyridine rings is 1. The second kappa shape index (κ2) is 7.24. The third kappa shape index (κ3) is 3.62. The molecule has 142 valence electrons. The van der Waals surface area contributed by atoms with Crippen LogP contribution in [0.3, 0.4) is 0 Å². The molecule has 0 bridgehead atoms. The van der Waals surface area contributed by atoms with Crippen LogP contribution >= 0.6 is 0 Å². The van der Waals surface area contributed by atoms with E-state index in [9.17, 15) is 8.42 Å². The van der Waals surface area contributed by atoms with Crippen LogP contribution in [0.4, 0.5) is 0 Å². The first kappa shape index (κ1) is 17.9. The lowest BCUT2D eigenvalue weighted by Crippen LogP contribution is -2.05. The van der Waals surface area contributed by atoms with Gasteiger partial charge in [0.05, 0.1) is 17.7 Å². The Morgan fingerprint density at radius 2 is 1.82 bits per heavy atom. The summed E-state index contributed by atoms with van der Waals surface area (Å²) in [6, 6.07) is 11.5. The Hall–Kier alpha value is -3.53. The molecule has 0 fully saturated rings. The number of rotatable bonds is 6. The first-order chi connectivity index (χ1) is 13.5. The number of sulfone groups is 1. The molecule has 3 aromatic heterocycles. The van der Waals surface area contributed by atoms with Gasteiger partial charge in [0.2, 0.25) is 5.89 Å².